The van der Waals surface area contributed by atoms with Crippen LogP contribution in [0, 0.1) is 29.5 Å². The second kappa shape index (κ2) is 14.2. The van der Waals surface area contributed by atoms with Crippen LogP contribution in [0.1, 0.15) is 88.7 Å². The molecule has 0 unspecified atom stereocenters. The van der Waals surface area contributed by atoms with Gasteiger partial charge in [0.05, 0.1) is 5.92 Å². The first-order chi connectivity index (χ1) is 20.4. The maximum Gasteiger partial charge on any atom is 0.349 e. The van der Waals surface area contributed by atoms with Gasteiger partial charge >= 0.3 is 11.6 Å². The minimum absolute atomic E-state index is 0.0276. The number of aryl methyl sites for hydroxylation is 1. The zero-order valence-corrected chi connectivity index (χ0v) is 24.7. The van der Waals surface area contributed by atoms with Crippen LogP contribution >= 0.6 is 0 Å². The molecule has 3 aromatic rings. The van der Waals surface area contributed by atoms with Crippen molar-refractivity contribution in [3.63, 3.8) is 0 Å². The first kappa shape index (κ1) is 30.1. The Bertz CT molecular complexity index is 1410. The quantitative estimate of drug-likeness (QED) is 0.130. The normalized spacial score (nSPS) is 22.5. The molecule has 2 aliphatic carbocycles. The molecule has 2 fully saturated rings. The van der Waals surface area contributed by atoms with Crippen LogP contribution < -0.4 is 15.1 Å². The van der Waals surface area contributed by atoms with E-state index in [1.54, 1.807) is 30.3 Å². The number of benzene rings is 2. The summed E-state index contributed by atoms with van der Waals surface area (Å²) in [4.78, 5) is 25.4. The SMILES string of the molecule is C=CC1CCC(CCc2ccc3cc(OCc4ccc(OC(=O)C5CCC(CCC)CC5)cc4)oc(=O)c3c2F)CC1. The van der Waals surface area contributed by atoms with Crippen LogP contribution in [0.25, 0.3) is 10.8 Å². The van der Waals surface area contributed by atoms with E-state index in [4.69, 9.17) is 13.9 Å². The molecule has 2 aliphatic rings. The van der Waals surface area contributed by atoms with Crippen molar-refractivity contribution in [2.24, 2.45) is 23.7 Å². The Morgan fingerprint density at radius 1 is 0.976 bits per heavy atom. The van der Waals surface area contributed by atoms with Gasteiger partial charge in [0.25, 0.3) is 5.95 Å². The van der Waals surface area contributed by atoms with Gasteiger partial charge in [-0.05, 0) is 111 Å². The molecule has 0 spiro atoms. The average molecular weight is 575 g/mol. The lowest BCUT2D eigenvalue weighted by atomic mass is 9.79. The first-order valence-corrected chi connectivity index (χ1v) is 15.7. The minimum atomic E-state index is -0.737. The zero-order valence-electron chi connectivity index (χ0n) is 24.7. The van der Waals surface area contributed by atoms with Crippen LogP contribution in [0.4, 0.5) is 4.39 Å². The lowest BCUT2D eigenvalue weighted by Crippen LogP contribution is -2.25. The van der Waals surface area contributed by atoms with Crippen LogP contribution in [-0.4, -0.2) is 5.97 Å². The maximum absolute atomic E-state index is 15.3. The van der Waals surface area contributed by atoms with Gasteiger partial charge in [0.15, 0.2) is 0 Å². The van der Waals surface area contributed by atoms with Crippen molar-refractivity contribution in [2.75, 3.05) is 0 Å². The second-order valence-electron chi connectivity index (χ2n) is 12.3. The fourth-order valence-corrected chi connectivity index (χ4v) is 6.70. The van der Waals surface area contributed by atoms with Gasteiger partial charge in [0.1, 0.15) is 23.6 Å². The monoisotopic (exact) mass is 574 g/mol. The summed E-state index contributed by atoms with van der Waals surface area (Å²) in [6, 6.07) is 12.2. The molecule has 1 aromatic heterocycles. The minimum Gasteiger partial charge on any atom is -0.460 e. The number of allylic oxidation sites excluding steroid dienone is 1. The number of esters is 1. The predicted octanol–water partition coefficient (Wildman–Crippen LogP) is 8.95. The highest BCUT2D eigenvalue weighted by Crippen LogP contribution is 2.34. The molecule has 2 aromatic carbocycles. The molecule has 0 saturated heterocycles. The van der Waals surface area contributed by atoms with Crippen molar-refractivity contribution in [1.82, 2.24) is 0 Å². The van der Waals surface area contributed by atoms with Crippen molar-refractivity contribution in [1.29, 1.82) is 0 Å². The Morgan fingerprint density at radius 3 is 2.36 bits per heavy atom. The van der Waals surface area contributed by atoms with E-state index in [1.165, 1.54) is 12.8 Å². The van der Waals surface area contributed by atoms with Crippen LogP contribution in [0.15, 0.2) is 64.3 Å². The number of hydrogen-bond acceptors (Lipinski definition) is 5. The van der Waals surface area contributed by atoms with Crippen molar-refractivity contribution >= 4 is 16.7 Å². The Kier molecular flexibility index (Phi) is 10.1. The molecule has 0 aliphatic heterocycles. The fourth-order valence-electron chi connectivity index (χ4n) is 6.70. The van der Waals surface area contributed by atoms with E-state index in [1.807, 2.05) is 18.2 Å². The second-order valence-corrected chi connectivity index (χ2v) is 12.3. The lowest BCUT2D eigenvalue weighted by molar-refractivity contribution is -0.140. The number of rotatable bonds is 11. The number of ether oxygens (including phenoxy) is 2. The topological polar surface area (TPSA) is 65.7 Å². The van der Waals surface area contributed by atoms with Gasteiger partial charge in [0, 0.05) is 6.07 Å². The summed E-state index contributed by atoms with van der Waals surface area (Å²) in [7, 11) is 0. The number of carbonyl (C=O) groups is 1. The molecule has 0 N–H and O–H groups in total. The van der Waals surface area contributed by atoms with Crippen LogP contribution in [0.5, 0.6) is 11.7 Å². The van der Waals surface area contributed by atoms with Gasteiger partial charge in [-0.2, -0.15) is 0 Å². The highest BCUT2D eigenvalue weighted by atomic mass is 19.1. The largest absolute Gasteiger partial charge is 0.460 e. The molecule has 0 amide bonds. The number of hydrogen-bond donors (Lipinski definition) is 0. The Labute approximate surface area is 248 Å². The maximum atomic E-state index is 15.3. The fraction of sp³-hybridized carbons (Fsp3) is 0.500. The zero-order chi connectivity index (χ0) is 29.5. The Balaban J connectivity index is 1.14. The van der Waals surface area contributed by atoms with E-state index >= 15 is 4.39 Å². The lowest BCUT2D eigenvalue weighted by Gasteiger charge is -2.26. The number of carbonyl (C=O) groups excluding carboxylic acids is 1. The summed E-state index contributed by atoms with van der Waals surface area (Å²) < 4.78 is 32.0. The first-order valence-electron chi connectivity index (χ1n) is 15.7. The molecule has 0 radical (unpaired) electrons. The van der Waals surface area contributed by atoms with E-state index in [-0.39, 0.29) is 29.8 Å². The highest BCUT2D eigenvalue weighted by molar-refractivity contribution is 5.83. The molecular formula is C36H43FO5. The van der Waals surface area contributed by atoms with Gasteiger partial charge in [0.2, 0.25) is 0 Å². The number of halogens is 1. The molecule has 224 valence electrons. The molecule has 5 rings (SSSR count). The van der Waals surface area contributed by atoms with Gasteiger partial charge in [-0.3, -0.25) is 4.79 Å². The molecule has 5 nitrogen and oxygen atoms in total. The molecule has 0 bridgehead atoms. The van der Waals surface area contributed by atoms with E-state index in [0.29, 0.717) is 35.0 Å². The van der Waals surface area contributed by atoms with Crippen molar-refractivity contribution in [3.8, 4) is 11.7 Å². The molecule has 6 heteroatoms. The van der Waals surface area contributed by atoms with Crippen molar-refractivity contribution in [3.05, 3.63) is 82.5 Å². The third-order valence-corrected chi connectivity index (χ3v) is 9.37. The third kappa shape index (κ3) is 7.50. The van der Waals surface area contributed by atoms with E-state index in [0.717, 1.165) is 69.3 Å². The number of fused-ring (bicyclic) bond motifs is 1. The van der Waals surface area contributed by atoms with Crippen molar-refractivity contribution < 1.29 is 23.1 Å². The summed E-state index contributed by atoms with van der Waals surface area (Å²) in [5.41, 5.74) is 0.639. The van der Waals surface area contributed by atoms with Crippen molar-refractivity contribution in [2.45, 2.75) is 90.6 Å². The predicted molar refractivity (Wildman–Crippen MR) is 163 cm³/mol. The summed E-state index contributed by atoms with van der Waals surface area (Å²) >= 11 is 0. The highest BCUT2D eigenvalue weighted by Gasteiger charge is 2.27. The Hall–Kier alpha value is -3.41. The summed E-state index contributed by atoms with van der Waals surface area (Å²) in [6.07, 6.45) is 14.6. The van der Waals surface area contributed by atoms with Gasteiger partial charge in [-0.25, -0.2) is 9.18 Å². The average Bonchev–Trinajstić information content (AvgIpc) is 3.01. The molecular weight excluding hydrogens is 531 g/mol. The molecule has 42 heavy (non-hydrogen) atoms. The van der Waals surface area contributed by atoms with E-state index < -0.39 is 11.4 Å². The smallest absolute Gasteiger partial charge is 0.349 e. The van der Waals surface area contributed by atoms with Gasteiger partial charge < -0.3 is 13.9 Å². The molecule has 2 saturated carbocycles. The van der Waals surface area contributed by atoms with E-state index in [2.05, 4.69) is 13.5 Å². The Morgan fingerprint density at radius 2 is 1.67 bits per heavy atom. The summed E-state index contributed by atoms with van der Waals surface area (Å²) in [5.74, 6) is 1.79. The summed E-state index contributed by atoms with van der Waals surface area (Å²) in [5, 5.41) is 0.431. The van der Waals surface area contributed by atoms with Gasteiger partial charge in [-0.1, -0.05) is 50.1 Å². The van der Waals surface area contributed by atoms with Crippen LogP contribution in [0.3, 0.4) is 0 Å². The third-order valence-electron chi connectivity index (χ3n) is 9.37. The standard InChI is InChI=1S/C36H43FO5/c1-3-5-25-11-16-29(17-12-25)35(38)41-31-20-13-27(14-21-31)23-40-32-22-30-19-18-28(34(37)33(30)36(39)42-32)15-10-26-8-6-24(4-2)7-9-26/h4,13-14,18-22,24-26,29H,2-3,5-12,15-17,23H2,1H3. The van der Waals surface area contributed by atoms with E-state index in [9.17, 15) is 9.59 Å². The van der Waals surface area contributed by atoms with Crippen LogP contribution in [0.2, 0.25) is 0 Å². The molecule has 0 atom stereocenters. The van der Waals surface area contributed by atoms with Gasteiger partial charge in [-0.15, -0.1) is 6.58 Å². The van der Waals surface area contributed by atoms with Crippen LogP contribution in [-0.2, 0) is 17.8 Å². The summed E-state index contributed by atoms with van der Waals surface area (Å²) in [6.45, 7) is 6.26. The molecule has 1 heterocycles.